The average Bonchev–Trinajstić information content (AvgIpc) is 3.06. The van der Waals surface area contributed by atoms with Gasteiger partial charge in [-0.1, -0.05) is 36.5 Å². The maximum Gasteiger partial charge on any atom is 0.342 e. The Bertz CT molecular complexity index is 791. The standard InChI is InChI=1S/C19H19NO3/c1-15-18(22-2)14-17(23-19(15)21)12-8-6-4-3-5-7-10-16-11-9-13-20-16/h3-14,20H,1-2H3/b5-3+,6-4-,10-7+,12-8+. The van der Waals surface area contributed by atoms with Crippen LogP contribution in [-0.2, 0) is 0 Å². The van der Waals surface area contributed by atoms with Crippen LogP contribution in [0.3, 0.4) is 0 Å². The quantitative estimate of drug-likeness (QED) is 0.816. The predicted octanol–water partition coefficient (Wildman–Crippen LogP) is 4.12. The van der Waals surface area contributed by atoms with E-state index in [1.165, 1.54) is 7.11 Å². The van der Waals surface area contributed by atoms with Gasteiger partial charge in [-0.05, 0) is 31.2 Å². The van der Waals surface area contributed by atoms with Crippen molar-refractivity contribution in [3.63, 3.8) is 0 Å². The van der Waals surface area contributed by atoms with E-state index in [1.807, 2.05) is 54.8 Å². The minimum absolute atomic E-state index is 0.387. The molecule has 0 saturated carbocycles. The normalized spacial score (nSPS) is 12.3. The van der Waals surface area contributed by atoms with Gasteiger partial charge >= 0.3 is 5.63 Å². The van der Waals surface area contributed by atoms with Crippen LogP contribution in [0.4, 0.5) is 0 Å². The summed E-state index contributed by atoms with van der Waals surface area (Å²) in [4.78, 5) is 14.7. The summed E-state index contributed by atoms with van der Waals surface area (Å²) in [5.41, 5.74) is 1.14. The van der Waals surface area contributed by atoms with Crippen molar-refractivity contribution >= 4 is 12.2 Å². The van der Waals surface area contributed by atoms with Gasteiger partial charge in [0.05, 0.1) is 12.7 Å². The second-order valence-electron chi connectivity index (χ2n) is 4.74. The first kappa shape index (κ1) is 16.4. The highest BCUT2D eigenvalue weighted by atomic mass is 16.5. The van der Waals surface area contributed by atoms with Crippen molar-refractivity contribution in [3.05, 3.63) is 88.3 Å². The van der Waals surface area contributed by atoms with Crippen molar-refractivity contribution in [2.75, 3.05) is 7.11 Å². The molecule has 4 nitrogen and oxygen atoms in total. The zero-order valence-corrected chi connectivity index (χ0v) is 13.2. The summed E-state index contributed by atoms with van der Waals surface area (Å²) >= 11 is 0. The van der Waals surface area contributed by atoms with Gasteiger partial charge in [0.25, 0.3) is 0 Å². The number of hydrogen-bond acceptors (Lipinski definition) is 3. The summed E-state index contributed by atoms with van der Waals surface area (Å²) in [7, 11) is 1.53. The first-order valence-corrected chi connectivity index (χ1v) is 7.21. The molecule has 118 valence electrons. The van der Waals surface area contributed by atoms with Gasteiger partial charge in [0, 0.05) is 18.0 Å². The Morgan fingerprint density at radius 1 is 1.09 bits per heavy atom. The lowest BCUT2D eigenvalue weighted by Crippen LogP contribution is -2.05. The van der Waals surface area contributed by atoms with Crippen LogP contribution in [0.25, 0.3) is 12.2 Å². The van der Waals surface area contributed by atoms with Gasteiger partial charge < -0.3 is 14.1 Å². The molecule has 0 aliphatic heterocycles. The number of aromatic amines is 1. The van der Waals surface area contributed by atoms with E-state index in [0.717, 1.165) is 5.69 Å². The topological polar surface area (TPSA) is 55.2 Å². The van der Waals surface area contributed by atoms with E-state index in [9.17, 15) is 4.79 Å². The molecule has 0 aromatic carbocycles. The van der Waals surface area contributed by atoms with E-state index in [-0.39, 0.29) is 5.63 Å². The lowest BCUT2D eigenvalue weighted by Gasteiger charge is -2.02. The van der Waals surface area contributed by atoms with Crippen molar-refractivity contribution in [1.29, 1.82) is 0 Å². The van der Waals surface area contributed by atoms with E-state index in [2.05, 4.69) is 4.98 Å². The van der Waals surface area contributed by atoms with Crippen molar-refractivity contribution < 1.29 is 9.15 Å². The van der Waals surface area contributed by atoms with Gasteiger partial charge in [-0.15, -0.1) is 0 Å². The lowest BCUT2D eigenvalue weighted by molar-refractivity contribution is 0.395. The monoisotopic (exact) mass is 309 g/mol. The first-order valence-electron chi connectivity index (χ1n) is 7.21. The molecule has 0 bridgehead atoms. The van der Waals surface area contributed by atoms with Crippen molar-refractivity contribution in [1.82, 2.24) is 4.98 Å². The fraction of sp³-hybridized carbons (Fsp3) is 0.105. The Morgan fingerprint density at radius 3 is 2.43 bits per heavy atom. The number of allylic oxidation sites excluding steroid dienone is 6. The molecule has 2 heterocycles. The molecule has 0 aliphatic rings. The lowest BCUT2D eigenvalue weighted by atomic mass is 10.2. The second-order valence-corrected chi connectivity index (χ2v) is 4.74. The fourth-order valence-corrected chi connectivity index (χ4v) is 1.86. The molecule has 0 unspecified atom stereocenters. The van der Waals surface area contributed by atoms with Crippen LogP contribution >= 0.6 is 0 Å². The largest absolute Gasteiger partial charge is 0.496 e. The molecule has 0 atom stereocenters. The third kappa shape index (κ3) is 5.04. The third-order valence-electron chi connectivity index (χ3n) is 3.09. The summed E-state index contributed by atoms with van der Waals surface area (Å²) < 4.78 is 10.3. The zero-order valence-electron chi connectivity index (χ0n) is 13.2. The molecule has 2 aromatic rings. The van der Waals surface area contributed by atoms with E-state index in [1.54, 1.807) is 25.1 Å². The molecule has 1 N–H and O–H groups in total. The number of H-pyrrole nitrogens is 1. The molecule has 0 saturated heterocycles. The fourth-order valence-electron chi connectivity index (χ4n) is 1.86. The van der Waals surface area contributed by atoms with E-state index in [4.69, 9.17) is 9.15 Å². The van der Waals surface area contributed by atoms with Crippen LogP contribution in [0.15, 0.2) is 70.1 Å². The summed E-state index contributed by atoms with van der Waals surface area (Å²) in [5.74, 6) is 0.983. The van der Waals surface area contributed by atoms with Crippen molar-refractivity contribution in [3.8, 4) is 5.75 Å². The van der Waals surface area contributed by atoms with Gasteiger partial charge in [0.2, 0.25) is 0 Å². The molecule has 23 heavy (non-hydrogen) atoms. The Morgan fingerprint density at radius 2 is 1.78 bits per heavy atom. The van der Waals surface area contributed by atoms with Gasteiger partial charge in [0.1, 0.15) is 11.5 Å². The molecule has 0 amide bonds. The van der Waals surface area contributed by atoms with Gasteiger partial charge in [-0.25, -0.2) is 4.79 Å². The maximum absolute atomic E-state index is 11.6. The highest BCUT2D eigenvalue weighted by Gasteiger charge is 2.05. The van der Waals surface area contributed by atoms with Gasteiger partial charge in [0.15, 0.2) is 0 Å². The highest BCUT2D eigenvalue weighted by Crippen LogP contribution is 2.16. The Balaban J connectivity index is 1.91. The highest BCUT2D eigenvalue weighted by molar-refractivity contribution is 5.49. The van der Waals surface area contributed by atoms with Crippen LogP contribution in [-0.4, -0.2) is 12.1 Å². The van der Waals surface area contributed by atoms with Crippen molar-refractivity contribution in [2.45, 2.75) is 6.92 Å². The zero-order chi connectivity index (χ0) is 16.5. The molecular weight excluding hydrogens is 290 g/mol. The predicted molar refractivity (Wildman–Crippen MR) is 93.4 cm³/mol. The van der Waals surface area contributed by atoms with E-state index in [0.29, 0.717) is 17.1 Å². The summed E-state index contributed by atoms with van der Waals surface area (Å²) in [6, 6.07) is 5.63. The number of ether oxygens (including phenoxy) is 1. The minimum Gasteiger partial charge on any atom is -0.496 e. The number of nitrogens with one attached hydrogen (secondary N) is 1. The Labute approximate surface area is 135 Å². The molecular formula is C19H19NO3. The van der Waals surface area contributed by atoms with Crippen LogP contribution in [0.2, 0.25) is 0 Å². The van der Waals surface area contributed by atoms with Gasteiger partial charge in [-0.3, -0.25) is 0 Å². The van der Waals surface area contributed by atoms with E-state index >= 15 is 0 Å². The SMILES string of the molecule is COc1cc(/C=C/C=C\C=C\C=C\c2ccc[nH]2)oc(=O)c1C. The smallest absolute Gasteiger partial charge is 0.342 e. The molecule has 0 radical (unpaired) electrons. The first-order chi connectivity index (χ1) is 11.2. The maximum atomic E-state index is 11.6. The summed E-state index contributed by atoms with van der Waals surface area (Å²) in [6.07, 6.45) is 16.9. The second kappa shape index (κ2) is 8.44. The average molecular weight is 309 g/mol. The van der Waals surface area contributed by atoms with Gasteiger partial charge in [-0.2, -0.15) is 0 Å². The Kier molecular flexibility index (Phi) is 6.00. The van der Waals surface area contributed by atoms with Crippen LogP contribution < -0.4 is 10.4 Å². The molecule has 0 fully saturated rings. The minimum atomic E-state index is -0.387. The third-order valence-corrected chi connectivity index (χ3v) is 3.09. The van der Waals surface area contributed by atoms with Crippen LogP contribution in [0, 0.1) is 6.92 Å². The molecule has 0 spiro atoms. The molecule has 4 heteroatoms. The van der Waals surface area contributed by atoms with E-state index < -0.39 is 0 Å². The van der Waals surface area contributed by atoms with Crippen LogP contribution in [0.5, 0.6) is 5.75 Å². The van der Waals surface area contributed by atoms with Crippen molar-refractivity contribution in [2.24, 2.45) is 0 Å². The number of methoxy groups -OCH3 is 1. The number of hydrogen-bond donors (Lipinski definition) is 1. The summed E-state index contributed by atoms with van der Waals surface area (Å²) in [6.45, 7) is 1.67. The number of aromatic nitrogens is 1. The molecule has 2 rings (SSSR count). The number of rotatable bonds is 6. The van der Waals surface area contributed by atoms with Crippen LogP contribution in [0.1, 0.15) is 17.0 Å². The molecule has 0 aliphatic carbocycles. The molecule has 2 aromatic heterocycles. The Hall–Kier alpha value is -3.01. The summed E-state index contributed by atoms with van der Waals surface area (Å²) in [5, 5.41) is 0.